The number of hydrogen-bond acceptors (Lipinski definition) is 4. The van der Waals surface area contributed by atoms with Gasteiger partial charge < -0.3 is 10.6 Å². The van der Waals surface area contributed by atoms with Crippen LogP contribution in [0.2, 0.25) is 0 Å². The van der Waals surface area contributed by atoms with Crippen LogP contribution in [0.1, 0.15) is 12.0 Å². The minimum atomic E-state index is -3.64. The molecular weight excluding hydrogens is 286 g/mol. The second-order valence-electron chi connectivity index (χ2n) is 5.10. The molecule has 0 spiro atoms. The third-order valence-corrected chi connectivity index (χ3v) is 4.44. The zero-order chi connectivity index (χ0) is 14.9. The van der Waals surface area contributed by atoms with Crippen LogP contribution in [0.3, 0.4) is 0 Å². The molecule has 0 amide bonds. The molecule has 4 N–H and O–H groups in total. The number of primary sulfonamides is 1. The average Bonchev–Trinajstić information content (AvgIpc) is 2.47. The van der Waals surface area contributed by atoms with E-state index in [9.17, 15) is 8.42 Å². The van der Waals surface area contributed by atoms with Crippen LogP contribution in [-0.2, 0) is 16.4 Å². The van der Waals surface area contributed by atoms with Crippen LogP contribution in [0.15, 0.2) is 47.4 Å². The first-order valence-electron chi connectivity index (χ1n) is 6.79. The smallest absolute Gasteiger partial charge is 0.238 e. The maximum Gasteiger partial charge on any atom is 0.238 e. The van der Waals surface area contributed by atoms with Crippen molar-refractivity contribution in [2.45, 2.75) is 17.7 Å². The van der Waals surface area contributed by atoms with Gasteiger partial charge >= 0.3 is 0 Å². The van der Waals surface area contributed by atoms with Gasteiger partial charge in [0, 0.05) is 23.6 Å². The Labute approximate surface area is 124 Å². The van der Waals surface area contributed by atoms with Gasteiger partial charge in [0.1, 0.15) is 0 Å². The van der Waals surface area contributed by atoms with Crippen LogP contribution >= 0.6 is 0 Å². The van der Waals surface area contributed by atoms with E-state index in [0.29, 0.717) is 0 Å². The molecule has 5 nitrogen and oxygen atoms in total. The van der Waals surface area contributed by atoms with Crippen molar-refractivity contribution < 1.29 is 8.42 Å². The Hall–Kier alpha value is -2.05. The first kappa shape index (κ1) is 13.9. The lowest BCUT2D eigenvalue weighted by atomic mass is 10.0. The predicted octanol–water partition coefficient (Wildman–Crippen LogP) is 2.44. The first-order chi connectivity index (χ1) is 10.0. The van der Waals surface area contributed by atoms with Crippen LogP contribution in [0.4, 0.5) is 17.1 Å². The van der Waals surface area contributed by atoms with Crippen LogP contribution in [-0.4, -0.2) is 15.0 Å². The Morgan fingerprint density at radius 1 is 1.05 bits per heavy atom. The van der Waals surface area contributed by atoms with Crippen molar-refractivity contribution in [2.24, 2.45) is 5.14 Å². The molecule has 1 aliphatic heterocycles. The topological polar surface area (TPSA) is 84.2 Å². The summed E-state index contributed by atoms with van der Waals surface area (Å²) in [5.74, 6) is 0. The zero-order valence-corrected chi connectivity index (χ0v) is 12.3. The normalized spacial score (nSPS) is 14.1. The van der Waals surface area contributed by atoms with Crippen molar-refractivity contribution in [3.63, 3.8) is 0 Å². The van der Waals surface area contributed by atoms with E-state index in [-0.39, 0.29) is 4.90 Å². The lowest BCUT2D eigenvalue weighted by molar-refractivity contribution is 0.598. The number of fused-ring (bicyclic) bond motifs is 1. The molecule has 0 saturated carbocycles. The van der Waals surface area contributed by atoms with Crippen LogP contribution < -0.4 is 15.8 Å². The number of rotatable bonds is 3. The Kier molecular flexibility index (Phi) is 3.57. The monoisotopic (exact) mass is 303 g/mol. The van der Waals surface area contributed by atoms with Gasteiger partial charge in [-0.15, -0.1) is 0 Å². The maximum atomic E-state index is 11.2. The molecule has 0 fully saturated rings. The minimum absolute atomic E-state index is 0.114. The summed E-state index contributed by atoms with van der Waals surface area (Å²) in [5, 5.41) is 11.7. The van der Waals surface area contributed by atoms with Gasteiger partial charge in [0.2, 0.25) is 10.0 Å². The standard InChI is InChI=1S/C15H17N3O2S/c16-21(19,20)14-6-3-12(4-7-14)18-13-5-8-15-11(10-13)2-1-9-17-15/h3-8,10,17-18H,1-2,9H2,(H2,16,19,20). The first-order valence-corrected chi connectivity index (χ1v) is 8.34. The fraction of sp³-hybridized carbons (Fsp3) is 0.200. The Bertz CT molecular complexity index is 755. The van der Waals surface area contributed by atoms with E-state index in [0.717, 1.165) is 30.8 Å². The van der Waals surface area contributed by atoms with Gasteiger partial charge in [0.05, 0.1) is 4.90 Å². The molecule has 0 atom stereocenters. The number of benzene rings is 2. The molecule has 2 aromatic carbocycles. The van der Waals surface area contributed by atoms with Crippen LogP contribution in [0, 0.1) is 0 Å². The summed E-state index contributed by atoms with van der Waals surface area (Å²) in [5.41, 5.74) is 4.30. The molecule has 3 rings (SSSR count). The van der Waals surface area contributed by atoms with E-state index in [1.54, 1.807) is 12.1 Å². The van der Waals surface area contributed by atoms with Crippen molar-refractivity contribution in [2.75, 3.05) is 17.2 Å². The van der Waals surface area contributed by atoms with E-state index < -0.39 is 10.0 Å². The van der Waals surface area contributed by atoms with Crippen LogP contribution in [0.25, 0.3) is 0 Å². The minimum Gasteiger partial charge on any atom is -0.385 e. The summed E-state index contributed by atoms with van der Waals surface area (Å²) < 4.78 is 22.4. The van der Waals surface area contributed by atoms with E-state index in [2.05, 4.69) is 22.8 Å². The molecule has 1 heterocycles. The second-order valence-corrected chi connectivity index (χ2v) is 6.66. The SMILES string of the molecule is NS(=O)(=O)c1ccc(Nc2ccc3c(c2)CCCN3)cc1. The van der Waals surface area contributed by atoms with Gasteiger partial charge in [-0.2, -0.15) is 0 Å². The summed E-state index contributed by atoms with van der Waals surface area (Å²) in [6.45, 7) is 1.02. The highest BCUT2D eigenvalue weighted by atomic mass is 32.2. The van der Waals surface area contributed by atoms with Crippen molar-refractivity contribution in [3.8, 4) is 0 Å². The van der Waals surface area contributed by atoms with E-state index in [1.807, 2.05) is 6.07 Å². The molecular formula is C15H17N3O2S. The van der Waals surface area contributed by atoms with E-state index in [1.165, 1.54) is 23.4 Å². The lowest BCUT2D eigenvalue weighted by Gasteiger charge is -2.19. The van der Waals surface area contributed by atoms with Gasteiger partial charge in [0.25, 0.3) is 0 Å². The Morgan fingerprint density at radius 2 is 1.76 bits per heavy atom. The number of nitrogens with one attached hydrogen (secondary N) is 2. The molecule has 1 aliphatic rings. The third kappa shape index (κ3) is 3.17. The van der Waals surface area contributed by atoms with Gasteiger partial charge in [-0.3, -0.25) is 0 Å². The molecule has 110 valence electrons. The Balaban J connectivity index is 1.80. The number of aryl methyl sites for hydroxylation is 1. The van der Waals surface area contributed by atoms with Crippen LogP contribution in [0.5, 0.6) is 0 Å². The zero-order valence-electron chi connectivity index (χ0n) is 11.5. The highest BCUT2D eigenvalue weighted by Gasteiger charge is 2.09. The molecule has 6 heteroatoms. The molecule has 21 heavy (non-hydrogen) atoms. The fourth-order valence-electron chi connectivity index (χ4n) is 2.45. The summed E-state index contributed by atoms with van der Waals surface area (Å²) in [6, 6.07) is 12.6. The second kappa shape index (κ2) is 5.38. The van der Waals surface area contributed by atoms with Gasteiger partial charge in [0.15, 0.2) is 0 Å². The van der Waals surface area contributed by atoms with Crippen molar-refractivity contribution in [1.82, 2.24) is 0 Å². The Morgan fingerprint density at radius 3 is 2.48 bits per heavy atom. The van der Waals surface area contributed by atoms with Crippen molar-refractivity contribution in [1.29, 1.82) is 0 Å². The highest BCUT2D eigenvalue weighted by molar-refractivity contribution is 7.89. The number of nitrogens with two attached hydrogens (primary N) is 1. The average molecular weight is 303 g/mol. The number of sulfonamides is 1. The third-order valence-electron chi connectivity index (χ3n) is 3.52. The van der Waals surface area contributed by atoms with Gasteiger partial charge in [-0.1, -0.05) is 0 Å². The quantitative estimate of drug-likeness (QED) is 0.813. The lowest BCUT2D eigenvalue weighted by Crippen LogP contribution is -2.12. The van der Waals surface area contributed by atoms with Crippen molar-refractivity contribution >= 4 is 27.1 Å². The molecule has 0 aliphatic carbocycles. The van der Waals surface area contributed by atoms with Gasteiger partial charge in [-0.25, -0.2) is 13.6 Å². The summed E-state index contributed by atoms with van der Waals surface area (Å²) >= 11 is 0. The molecule has 0 unspecified atom stereocenters. The number of anilines is 3. The summed E-state index contributed by atoms with van der Waals surface area (Å²) in [6.07, 6.45) is 2.21. The molecule has 0 aromatic heterocycles. The van der Waals surface area contributed by atoms with E-state index >= 15 is 0 Å². The molecule has 0 radical (unpaired) electrons. The number of hydrogen-bond donors (Lipinski definition) is 3. The summed E-state index contributed by atoms with van der Waals surface area (Å²) in [7, 11) is -3.64. The largest absolute Gasteiger partial charge is 0.385 e. The molecule has 0 saturated heterocycles. The van der Waals surface area contributed by atoms with Crippen molar-refractivity contribution in [3.05, 3.63) is 48.0 Å². The predicted molar refractivity (Wildman–Crippen MR) is 84.4 cm³/mol. The maximum absolute atomic E-state index is 11.2. The van der Waals surface area contributed by atoms with Gasteiger partial charge in [-0.05, 0) is 60.9 Å². The fourth-order valence-corrected chi connectivity index (χ4v) is 2.96. The molecule has 2 aromatic rings. The molecule has 0 bridgehead atoms. The van der Waals surface area contributed by atoms with E-state index in [4.69, 9.17) is 5.14 Å². The highest BCUT2D eigenvalue weighted by Crippen LogP contribution is 2.27. The summed E-state index contributed by atoms with van der Waals surface area (Å²) in [4.78, 5) is 0.114.